The van der Waals surface area contributed by atoms with Crippen LogP contribution in [-0.4, -0.2) is 62.5 Å². The van der Waals surface area contributed by atoms with Crippen molar-refractivity contribution in [3.63, 3.8) is 0 Å². The molecule has 2 amide bonds. The number of hydrogen-bond donors (Lipinski definition) is 1. The number of aromatic amines is 1. The Hall–Kier alpha value is -1.92. The van der Waals surface area contributed by atoms with Crippen LogP contribution < -0.4 is 0 Å². The van der Waals surface area contributed by atoms with Gasteiger partial charge >= 0.3 is 0 Å². The van der Waals surface area contributed by atoms with E-state index in [0.717, 1.165) is 12.4 Å². The number of aryl methyl sites for hydroxylation is 2. The first-order valence-corrected chi connectivity index (χ1v) is 9.39. The Labute approximate surface area is 149 Å². The van der Waals surface area contributed by atoms with Gasteiger partial charge in [-0.3, -0.25) is 14.7 Å². The van der Waals surface area contributed by atoms with Gasteiger partial charge in [-0.1, -0.05) is 13.8 Å². The van der Waals surface area contributed by atoms with Crippen molar-refractivity contribution in [3.8, 4) is 0 Å². The zero-order valence-corrected chi connectivity index (χ0v) is 15.5. The first-order chi connectivity index (χ1) is 11.9. The SMILES string of the molecule is Cc1nc(CCC(=O)N2CCC(=O)N(CC3CC3)[C@H](C(C)C)C2)n[nH]1. The molecule has 1 aliphatic carbocycles. The van der Waals surface area contributed by atoms with E-state index in [2.05, 4.69) is 29.0 Å². The predicted molar refractivity (Wildman–Crippen MR) is 93.7 cm³/mol. The summed E-state index contributed by atoms with van der Waals surface area (Å²) in [5, 5.41) is 6.89. The Morgan fingerprint density at radius 2 is 2.12 bits per heavy atom. The lowest BCUT2D eigenvalue weighted by molar-refractivity contribution is -0.134. The smallest absolute Gasteiger partial charge is 0.224 e. The molecule has 0 bridgehead atoms. The van der Waals surface area contributed by atoms with Gasteiger partial charge in [0.1, 0.15) is 5.82 Å². The first kappa shape index (κ1) is 17.9. The van der Waals surface area contributed by atoms with Crippen LogP contribution >= 0.6 is 0 Å². The van der Waals surface area contributed by atoms with Crippen LogP contribution in [0.3, 0.4) is 0 Å². The maximum atomic E-state index is 12.7. The highest BCUT2D eigenvalue weighted by atomic mass is 16.2. The number of hydrogen-bond acceptors (Lipinski definition) is 4. The van der Waals surface area contributed by atoms with Crippen molar-refractivity contribution in [1.29, 1.82) is 0 Å². The van der Waals surface area contributed by atoms with Gasteiger partial charge in [-0.05, 0) is 31.6 Å². The van der Waals surface area contributed by atoms with Crippen LogP contribution in [0.25, 0.3) is 0 Å². The van der Waals surface area contributed by atoms with Crippen molar-refractivity contribution in [2.24, 2.45) is 11.8 Å². The second kappa shape index (κ2) is 7.54. The third-order valence-corrected chi connectivity index (χ3v) is 5.20. The van der Waals surface area contributed by atoms with Crippen LogP contribution in [0.2, 0.25) is 0 Å². The molecule has 1 saturated heterocycles. The molecule has 138 valence electrons. The molecular formula is C18H29N5O2. The van der Waals surface area contributed by atoms with E-state index in [-0.39, 0.29) is 17.9 Å². The van der Waals surface area contributed by atoms with Crippen LogP contribution in [0, 0.1) is 18.8 Å². The Balaban J connectivity index is 1.62. The first-order valence-electron chi connectivity index (χ1n) is 9.39. The lowest BCUT2D eigenvalue weighted by Crippen LogP contribution is -2.48. The Morgan fingerprint density at radius 3 is 2.72 bits per heavy atom. The average Bonchev–Trinajstić information content (AvgIpc) is 3.32. The summed E-state index contributed by atoms with van der Waals surface area (Å²) in [5.74, 6) is 2.73. The topological polar surface area (TPSA) is 82.2 Å². The van der Waals surface area contributed by atoms with Gasteiger partial charge in [0, 0.05) is 38.9 Å². The number of H-pyrrole nitrogens is 1. The number of nitrogens with one attached hydrogen (secondary N) is 1. The highest BCUT2D eigenvalue weighted by Gasteiger charge is 2.36. The molecular weight excluding hydrogens is 318 g/mol. The van der Waals surface area contributed by atoms with Crippen molar-refractivity contribution in [2.45, 2.75) is 58.9 Å². The molecule has 3 rings (SSSR count). The van der Waals surface area contributed by atoms with Crippen LogP contribution in [0.1, 0.15) is 51.2 Å². The highest BCUT2D eigenvalue weighted by molar-refractivity contribution is 5.80. The summed E-state index contributed by atoms with van der Waals surface area (Å²) in [7, 11) is 0. The zero-order chi connectivity index (χ0) is 18.0. The minimum absolute atomic E-state index is 0.0918. The van der Waals surface area contributed by atoms with Gasteiger partial charge in [-0.15, -0.1) is 0 Å². The monoisotopic (exact) mass is 347 g/mol. The Bertz CT molecular complexity index is 623. The summed E-state index contributed by atoms with van der Waals surface area (Å²) in [5.41, 5.74) is 0. The largest absolute Gasteiger partial charge is 0.340 e. The summed E-state index contributed by atoms with van der Waals surface area (Å²) in [6, 6.07) is 0.116. The maximum Gasteiger partial charge on any atom is 0.224 e. The minimum Gasteiger partial charge on any atom is -0.340 e. The lowest BCUT2D eigenvalue weighted by Gasteiger charge is -2.34. The van der Waals surface area contributed by atoms with E-state index in [0.29, 0.717) is 50.0 Å². The van der Waals surface area contributed by atoms with Gasteiger partial charge in [0.25, 0.3) is 0 Å². The fourth-order valence-corrected chi connectivity index (χ4v) is 3.47. The molecule has 2 heterocycles. The van der Waals surface area contributed by atoms with E-state index in [1.165, 1.54) is 12.8 Å². The number of aromatic nitrogens is 3. The summed E-state index contributed by atoms with van der Waals surface area (Å²) in [4.78, 5) is 33.5. The Kier molecular flexibility index (Phi) is 5.39. The fourth-order valence-electron chi connectivity index (χ4n) is 3.47. The number of carbonyl (C=O) groups is 2. The van der Waals surface area contributed by atoms with E-state index in [9.17, 15) is 9.59 Å². The molecule has 2 fully saturated rings. The molecule has 0 aromatic carbocycles. The quantitative estimate of drug-likeness (QED) is 0.846. The van der Waals surface area contributed by atoms with Gasteiger partial charge in [-0.2, -0.15) is 5.10 Å². The van der Waals surface area contributed by atoms with Crippen LogP contribution in [0.5, 0.6) is 0 Å². The number of nitrogens with zero attached hydrogens (tertiary/aromatic N) is 4. The van der Waals surface area contributed by atoms with E-state index in [4.69, 9.17) is 0 Å². The molecule has 1 saturated carbocycles. The van der Waals surface area contributed by atoms with Gasteiger partial charge in [0.2, 0.25) is 11.8 Å². The second-order valence-electron chi connectivity index (χ2n) is 7.73. The summed E-state index contributed by atoms with van der Waals surface area (Å²) in [6.07, 6.45) is 3.81. The average molecular weight is 347 g/mol. The van der Waals surface area contributed by atoms with Gasteiger partial charge in [-0.25, -0.2) is 4.98 Å². The van der Waals surface area contributed by atoms with Gasteiger partial charge in [0.05, 0.1) is 6.04 Å². The number of rotatable bonds is 6. The summed E-state index contributed by atoms with van der Waals surface area (Å²) >= 11 is 0. The number of carbonyl (C=O) groups excluding carboxylic acids is 2. The van der Waals surface area contributed by atoms with Gasteiger partial charge < -0.3 is 9.80 Å². The molecule has 0 spiro atoms. The normalized spacial score (nSPS) is 21.8. The van der Waals surface area contributed by atoms with Crippen molar-refractivity contribution < 1.29 is 9.59 Å². The van der Waals surface area contributed by atoms with Crippen molar-refractivity contribution in [2.75, 3.05) is 19.6 Å². The van der Waals surface area contributed by atoms with E-state index >= 15 is 0 Å². The van der Waals surface area contributed by atoms with E-state index < -0.39 is 0 Å². The highest BCUT2D eigenvalue weighted by Crippen LogP contribution is 2.32. The predicted octanol–water partition coefficient (Wildman–Crippen LogP) is 1.54. The molecule has 7 nitrogen and oxygen atoms in total. The van der Waals surface area contributed by atoms with Crippen molar-refractivity contribution in [1.82, 2.24) is 25.0 Å². The molecule has 1 aromatic rings. The molecule has 0 unspecified atom stereocenters. The summed E-state index contributed by atoms with van der Waals surface area (Å²) < 4.78 is 0. The molecule has 2 aliphatic rings. The zero-order valence-electron chi connectivity index (χ0n) is 15.5. The standard InChI is InChI=1S/C18H29N5O2/c1-12(2)15-11-22(9-8-18(25)23(15)10-14-4-5-14)17(24)7-6-16-19-13(3)20-21-16/h12,14-15H,4-11H2,1-3H3,(H,19,20,21)/t15-/m0/s1. The van der Waals surface area contributed by atoms with Crippen molar-refractivity contribution >= 4 is 11.8 Å². The van der Waals surface area contributed by atoms with E-state index in [1.54, 1.807) is 0 Å². The fraction of sp³-hybridized carbons (Fsp3) is 0.778. The maximum absolute atomic E-state index is 12.7. The van der Waals surface area contributed by atoms with E-state index in [1.807, 2.05) is 16.7 Å². The molecule has 7 heteroatoms. The Morgan fingerprint density at radius 1 is 1.36 bits per heavy atom. The third-order valence-electron chi connectivity index (χ3n) is 5.20. The molecule has 1 aliphatic heterocycles. The molecule has 1 N–H and O–H groups in total. The molecule has 1 atom stereocenters. The number of amides is 2. The molecule has 0 radical (unpaired) electrons. The molecule has 1 aromatic heterocycles. The second-order valence-corrected chi connectivity index (χ2v) is 7.73. The summed E-state index contributed by atoms with van der Waals surface area (Å²) in [6.45, 7) is 8.15. The van der Waals surface area contributed by atoms with Crippen molar-refractivity contribution in [3.05, 3.63) is 11.6 Å². The third kappa shape index (κ3) is 4.58. The lowest BCUT2D eigenvalue weighted by atomic mass is 10.0. The van der Waals surface area contributed by atoms with Crippen LogP contribution in [-0.2, 0) is 16.0 Å². The minimum atomic E-state index is 0.0918. The van der Waals surface area contributed by atoms with Crippen LogP contribution in [0.4, 0.5) is 0 Å². The van der Waals surface area contributed by atoms with Crippen LogP contribution in [0.15, 0.2) is 0 Å². The molecule has 25 heavy (non-hydrogen) atoms. The van der Waals surface area contributed by atoms with Gasteiger partial charge in [0.15, 0.2) is 5.82 Å².